The van der Waals surface area contributed by atoms with E-state index in [1.54, 1.807) is 6.07 Å². The van der Waals surface area contributed by atoms with Gasteiger partial charge < -0.3 is 10.1 Å². The van der Waals surface area contributed by atoms with Gasteiger partial charge in [-0.1, -0.05) is 25.4 Å². The molecule has 2 rings (SSSR count). The lowest BCUT2D eigenvalue weighted by molar-refractivity contribution is -0.0522. The van der Waals surface area contributed by atoms with Gasteiger partial charge in [-0.15, -0.1) is 0 Å². The first-order chi connectivity index (χ1) is 7.95. The third-order valence-electron chi connectivity index (χ3n) is 3.70. The molecule has 94 valence electrons. The largest absolute Gasteiger partial charge is 0.490 e. The molecular weight excluding hydrogens is 241 g/mol. The molecule has 0 aromatic heterocycles. The van der Waals surface area contributed by atoms with Gasteiger partial charge in [0.1, 0.15) is 17.7 Å². The van der Waals surface area contributed by atoms with E-state index in [4.69, 9.17) is 16.3 Å². The number of nitrogens with one attached hydrogen (secondary N) is 1. The van der Waals surface area contributed by atoms with Crippen LogP contribution in [0.2, 0.25) is 5.02 Å². The van der Waals surface area contributed by atoms with E-state index in [0.29, 0.717) is 11.8 Å². The van der Waals surface area contributed by atoms with Crippen molar-refractivity contribution < 1.29 is 9.13 Å². The van der Waals surface area contributed by atoms with E-state index in [1.807, 2.05) is 7.05 Å². The SMILES string of the molecule is CNC1CC(Oc2ccc(Cl)c(F)c2)C1(C)C. The van der Waals surface area contributed by atoms with Gasteiger partial charge in [-0.25, -0.2) is 4.39 Å². The second-order valence-electron chi connectivity index (χ2n) is 5.08. The molecule has 0 spiro atoms. The summed E-state index contributed by atoms with van der Waals surface area (Å²) in [5.41, 5.74) is 0.0604. The molecule has 1 aliphatic rings. The van der Waals surface area contributed by atoms with Crippen LogP contribution >= 0.6 is 11.6 Å². The lowest BCUT2D eigenvalue weighted by atomic mass is 9.64. The fourth-order valence-electron chi connectivity index (χ4n) is 2.29. The molecule has 2 atom stereocenters. The molecule has 1 fully saturated rings. The van der Waals surface area contributed by atoms with E-state index in [9.17, 15) is 4.39 Å². The summed E-state index contributed by atoms with van der Waals surface area (Å²) in [6.45, 7) is 4.29. The van der Waals surface area contributed by atoms with Crippen LogP contribution in [0.15, 0.2) is 18.2 Å². The maximum atomic E-state index is 13.3. The molecule has 4 heteroatoms. The van der Waals surface area contributed by atoms with Crippen molar-refractivity contribution in [1.29, 1.82) is 0 Å². The van der Waals surface area contributed by atoms with Crippen LogP contribution in [0.1, 0.15) is 20.3 Å². The predicted octanol–water partition coefficient (Wildman–Crippen LogP) is 3.24. The summed E-state index contributed by atoms with van der Waals surface area (Å²) in [5.74, 6) is 0.103. The van der Waals surface area contributed by atoms with Crippen LogP contribution in [0.5, 0.6) is 5.75 Å². The minimum atomic E-state index is -0.438. The Bertz CT molecular complexity index is 422. The Kier molecular flexibility index (Phi) is 3.32. The highest BCUT2D eigenvalue weighted by atomic mass is 35.5. The minimum absolute atomic E-state index is 0.0604. The van der Waals surface area contributed by atoms with Crippen LogP contribution in [0.25, 0.3) is 0 Å². The Hall–Kier alpha value is -0.800. The molecule has 1 aromatic carbocycles. The van der Waals surface area contributed by atoms with Crippen LogP contribution in [0.3, 0.4) is 0 Å². The molecule has 1 saturated carbocycles. The Morgan fingerprint density at radius 2 is 2.18 bits per heavy atom. The highest BCUT2D eigenvalue weighted by Gasteiger charge is 2.49. The third-order valence-corrected chi connectivity index (χ3v) is 4.00. The first-order valence-electron chi connectivity index (χ1n) is 5.74. The van der Waals surface area contributed by atoms with Crippen LogP contribution < -0.4 is 10.1 Å². The first-order valence-corrected chi connectivity index (χ1v) is 6.12. The van der Waals surface area contributed by atoms with E-state index < -0.39 is 5.82 Å². The van der Waals surface area contributed by atoms with Gasteiger partial charge in [0.25, 0.3) is 0 Å². The van der Waals surface area contributed by atoms with E-state index in [2.05, 4.69) is 19.2 Å². The molecular formula is C13H17ClFNO. The minimum Gasteiger partial charge on any atom is -0.490 e. The summed E-state index contributed by atoms with van der Waals surface area (Å²) in [7, 11) is 1.95. The van der Waals surface area contributed by atoms with Crippen LogP contribution in [0.4, 0.5) is 4.39 Å². The smallest absolute Gasteiger partial charge is 0.145 e. The molecule has 0 aliphatic heterocycles. The maximum absolute atomic E-state index is 13.3. The highest BCUT2D eigenvalue weighted by Crippen LogP contribution is 2.43. The Morgan fingerprint density at radius 1 is 1.47 bits per heavy atom. The average Bonchev–Trinajstić information content (AvgIpc) is 2.28. The van der Waals surface area contributed by atoms with Crippen LogP contribution in [0, 0.1) is 11.2 Å². The Labute approximate surface area is 106 Å². The van der Waals surface area contributed by atoms with Crippen molar-refractivity contribution in [2.45, 2.75) is 32.4 Å². The number of rotatable bonds is 3. The van der Waals surface area contributed by atoms with Gasteiger partial charge in [0.05, 0.1) is 5.02 Å². The normalized spacial score (nSPS) is 26.4. The fraction of sp³-hybridized carbons (Fsp3) is 0.538. The van der Waals surface area contributed by atoms with Gasteiger partial charge in [0.15, 0.2) is 0 Å². The van der Waals surface area contributed by atoms with Gasteiger partial charge in [-0.3, -0.25) is 0 Å². The van der Waals surface area contributed by atoms with E-state index in [-0.39, 0.29) is 16.5 Å². The van der Waals surface area contributed by atoms with E-state index >= 15 is 0 Å². The molecule has 1 N–H and O–H groups in total. The first kappa shape index (κ1) is 12.7. The van der Waals surface area contributed by atoms with E-state index in [1.165, 1.54) is 12.1 Å². The van der Waals surface area contributed by atoms with Crippen molar-refractivity contribution in [2.24, 2.45) is 5.41 Å². The van der Waals surface area contributed by atoms with Gasteiger partial charge >= 0.3 is 0 Å². The van der Waals surface area contributed by atoms with Crippen molar-refractivity contribution >= 4 is 11.6 Å². The van der Waals surface area contributed by atoms with Gasteiger partial charge in [0.2, 0.25) is 0 Å². The van der Waals surface area contributed by atoms with Crippen molar-refractivity contribution in [3.05, 3.63) is 29.0 Å². The number of hydrogen-bond donors (Lipinski definition) is 1. The molecule has 0 heterocycles. The third kappa shape index (κ3) is 2.26. The zero-order valence-electron chi connectivity index (χ0n) is 10.3. The van der Waals surface area contributed by atoms with E-state index in [0.717, 1.165) is 6.42 Å². The van der Waals surface area contributed by atoms with Crippen molar-refractivity contribution in [3.8, 4) is 5.75 Å². The standard InChI is InChI=1S/C13H17ClFNO/c1-13(2)11(16-3)7-12(13)17-8-4-5-9(14)10(15)6-8/h4-6,11-12,16H,7H2,1-3H3. The summed E-state index contributed by atoms with van der Waals surface area (Å²) < 4.78 is 19.1. The van der Waals surface area contributed by atoms with Crippen molar-refractivity contribution in [2.75, 3.05) is 7.05 Å². The average molecular weight is 258 g/mol. The summed E-state index contributed by atoms with van der Waals surface area (Å²) in [4.78, 5) is 0. The Balaban J connectivity index is 2.05. The van der Waals surface area contributed by atoms with Crippen molar-refractivity contribution in [1.82, 2.24) is 5.32 Å². The molecule has 2 unspecified atom stereocenters. The summed E-state index contributed by atoms with van der Waals surface area (Å²) in [5, 5.41) is 3.38. The quantitative estimate of drug-likeness (QED) is 0.898. The van der Waals surface area contributed by atoms with Crippen LogP contribution in [-0.4, -0.2) is 19.2 Å². The summed E-state index contributed by atoms with van der Waals surface area (Å²) in [6, 6.07) is 5.01. The zero-order chi connectivity index (χ0) is 12.6. The fourth-order valence-corrected chi connectivity index (χ4v) is 2.41. The molecule has 0 saturated heterocycles. The summed E-state index contributed by atoms with van der Waals surface area (Å²) in [6.07, 6.45) is 1.05. The number of hydrogen-bond acceptors (Lipinski definition) is 2. The molecule has 17 heavy (non-hydrogen) atoms. The molecule has 2 nitrogen and oxygen atoms in total. The summed E-state index contributed by atoms with van der Waals surface area (Å²) >= 11 is 5.63. The zero-order valence-corrected chi connectivity index (χ0v) is 11.0. The molecule has 0 bridgehead atoms. The number of ether oxygens (including phenoxy) is 1. The second-order valence-corrected chi connectivity index (χ2v) is 5.49. The lowest BCUT2D eigenvalue weighted by Crippen LogP contribution is -2.61. The van der Waals surface area contributed by atoms with Crippen molar-refractivity contribution in [3.63, 3.8) is 0 Å². The maximum Gasteiger partial charge on any atom is 0.145 e. The lowest BCUT2D eigenvalue weighted by Gasteiger charge is -2.51. The number of benzene rings is 1. The highest BCUT2D eigenvalue weighted by molar-refractivity contribution is 6.30. The van der Waals surface area contributed by atoms with Gasteiger partial charge in [-0.05, 0) is 19.2 Å². The molecule has 0 radical (unpaired) electrons. The molecule has 0 amide bonds. The topological polar surface area (TPSA) is 21.3 Å². The molecule has 1 aliphatic carbocycles. The Morgan fingerprint density at radius 3 is 2.71 bits per heavy atom. The monoisotopic (exact) mass is 257 g/mol. The van der Waals surface area contributed by atoms with Gasteiger partial charge in [-0.2, -0.15) is 0 Å². The predicted molar refractivity (Wildman–Crippen MR) is 67.1 cm³/mol. The second kappa shape index (κ2) is 4.46. The van der Waals surface area contributed by atoms with Gasteiger partial charge in [0, 0.05) is 23.9 Å². The van der Waals surface area contributed by atoms with Crippen LogP contribution in [-0.2, 0) is 0 Å². The number of halogens is 2. The molecule has 1 aromatic rings.